The molecule has 3 heteroatoms. The van der Waals surface area contributed by atoms with Crippen molar-refractivity contribution in [1.29, 1.82) is 0 Å². The van der Waals surface area contributed by atoms with Crippen molar-refractivity contribution < 1.29 is 0 Å². The van der Waals surface area contributed by atoms with E-state index >= 15 is 0 Å². The first-order chi connectivity index (χ1) is 17.3. The van der Waals surface area contributed by atoms with Gasteiger partial charge in [0, 0.05) is 0 Å². The second-order valence-electron chi connectivity index (χ2n) is 10.2. The maximum absolute atomic E-state index is 2.45. The molecule has 0 aliphatic heterocycles. The van der Waals surface area contributed by atoms with E-state index in [1.54, 1.807) is 29.8 Å². The zero-order valence-electron chi connectivity index (χ0n) is 22.4. The molecule has 0 nitrogen and oxygen atoms in total. The summed E-state index contributed by atoms with van der Waals surface area (Å²) in [5.74, 6) is 0. The van der Waals surface area contributed by atoms with E-state index in [1.807, 2.05) is 0 Å². The summed E-state index contributed by atoms with van der Waals surface area (Å²) in [6, 6.07) is 9.77. The fourth-order valence-corrected chi connectivity index (χ4v) is 10.6. The molecule has 3 aromatic heterocycles. The van der Waals surface area contributed by atoms with E-state index in [2.05, 4.69) is 59.3 Å². The summed E-state index contributed by atoms with van der Waals surface area (Å²) < 4.78 is 3.36. The van der Waals surface area contributed by atoms with E-state index in [4.69, 9.17) is 0 Å². The maximum atomic E-state index is 2.45. The Bertz CT molecular complexity index is 843. The topological polar surface area (TPSA) is 0 Å². The van der Waals surface area contributed by atoms with Gasteiger partial charge in [-0.25, -0.2) is 0 Å². The zero-order chi connectivity index (χ0) is 24.6. The molecule has 0 unspecified atom stereocenters. The molecule has 0 radical (unpaired) electrons. The monoisotopic (exact) mass is 624 g/mol. The fraction of sp³-hybridized carbons (Fsp3) is 0.625. The van der Waals surface area contributed by atoms with Crippen molar-refractivity contribution in [2.45, 2.75) is 129 Å². The van der Waals surface area contributed by atoms with Crippen LogP contribution >= 0.6 is 11.3 Å². The third-order valence-corrected chi connectivity index (χ3v) is 13.0. The molecule has 0 aromatic carbocycles. The van der Waals surface area contributed by atoms with Gasteiger partial charge in [-0.05, 0) is 0 Å². The zero-order valence-corrected chi connectivity index (χ0v) is 26.7. The standard InChI is InChI=1S/C32H48SSe2/c1-3-5-7-9-11-13-15-17-19-27-23-25-34-31(27)29-21-22-30(33-29)32-28(24-26-35-32)20-18-16-14-12-10-8-6-4-2/h21-26H,3-20H2,1-2H3. The molecular weight excluding hydrogens is 574 g/mol. The number of rotatable bonds is 20. The Morgan fingerprint density at radius 1 is 0.486 bits per heavy atom. The predicted octanol–water partition coefficient (Wildman–Crippen LogP) is 10.6. The van der Waals surface area contributed by atoms with Gasteiger partial charge in [-0.2, -0.15) is 0 Å². The second-order valence-corrected chi connectivity index (χ2v) is 15.1. The van der Waals surface area contributed by atoms with Crippen LogP contribution in [0.3, 0.4) is 0 Å². The van der Waals surface area contributed by atoms with Gasteiger partial charge in [0.25, 0.3) is 0 Å². The average Bonchev–Trinajstić information content (AvgIpc) is 3.63. The van der Waals surface area contributed by atoms with Gasteiger partial charge < -0.3 is 0 Å². The van der Waals surface area contributed by atoms with Crippen molar-refractivity contribution >= 4 is 40.3 Å². The Labute approximate surface area is 232 Å². The van der Waals surface area contributed by atoms with E-state index in [-0.39, 0.29) is 0 Å². The molecule has 3 rings (SSSR count). The van der Waals surface area contributed by atoms with Crippen molar-refractivity contribution in [3.8, 4) is 18.6 Å². The van der Waals surface area contributed by atoms with Crippen LogP contribution in [0.25, 0.3) is 18.6 Å². The fourth-order valence-electron chi connectivity index (χ4n) is 4.98. The Morgan fingerprint density at radius 3 is 1.26 bits per heavy atom. The molecule has 0 saturated carbocycles. The number of aryl methyl sites for hydroxylation is 2. The van der Waals surface area contributed by atoms with Gasteiger partial charge in [0.05, 0.1) is 0 Å². The third-order valence-electron chi connectivity index (χ3n) is 7.15. The van der Waals surface area contributed by atoms with Crippen LogP contribution in [-0.4, -0.2) is 29.0 Å². The van der Waals surface area contributed by atoms with Crippen LogP contribution in [0.4, 0.5) is 0 Å². The van der Waals surface area contributed by atoms with E-state index in [0.717, 1.165) is 0 Å². The molecule has 0 atom stereocenters. The normalized spacial score (nSPS) is 11.5. The number of thiophene rings is 1. The van der Waals surface area contributed by atoms with E-state index in [1.165, 1.54) is 116 Å². The van der Waals surface area contributed by atoms with Gasteiger partial charge >= 0.3 is 234 Å². The van der Waals surface area contributed by atoms with Gasteiger partial charge in [-0.15, -0.1) is 0 Å². The summed E-state index contributed by atoms with van der Waals surface area (Å²) in [7, 11) is 0. The summed E-state index contributed by atoms with van der Waals surface area (Å²) in [5.41, 5.74) is 3.29. The molecule has 0 amide bonds. The van der Waals surface area contributed by atoms with Gasteiger partial charge in [-0.1, -0.05) is 0 Å². The van der Waals surface area contributed by atoms with E-state index in [9.17, 15) is 0 Å². The second kappa shape index (κ2) is 18.0. The van der Waals surface area contributed by atoms with Crippen LogP contribution in [0.15, 0.2) is 34.1 Å². The Morgan fingerprint density at radius 2 is 0.857 bits per heavy atom. The van der Waals surface area contributed by atoms with Crippen molar-refractivity contribution in [3.05, 3.63) is 45.3 Å². The molecule has 0 spiro atoms. The average molecular weight is 623 g/mol. The molecule has 0 aliphatic rings. The molecule has 3 heterocycles. The third kappa shape index (κ3) is 10.5. The first kappa shape index (κ1) is 29.3. The summed E-state index contributed by atoms with van der Waals surface area (Å²) in [6.45, 7) is 4.61. The molecule has 3 aromatic rings. The van der Waals surface area contributed by atoms with Crippen LogP contribution in [0, 0.1) is 0 Å². The Balaban J connectivity index is 1.44. The van der Waals surface area contributed by atoms with Crippen molar-refractivity contribution in [3.63, 3.8) is 0 Å². The van der Waals surface area contributed by atoms with Crippen molar-refractivity contribution in [2.24, 2.45) is 0 Å². The summed E-state index contributed by atoms with van der Waals surface area (Å²) in [6.07, 6.45) is 25.1. The van der Waals surface area contributed by atoms with Crippen LogP contribution in [0.5, 0.6) is 0 Å². The summed E-state index contributed by atoms with van der Waals surface area (Å²) in [4.78, 5) is 8.02. The molecule has 0 fully saturated rings. The van der Waals surface area contributed by atoms with Crippen molar-refractivity contribution in [2.75, 3.05) is 0 Å². The molecule has 0 aliphatic carbocycles. The molecular formula is C32H48SSe2. The first-order valence-electron chi connectivity index (χ1n) is 14.6. The van der Waals surface area contributed by atoms with E-state index in [0.29, 0.717) is 29.0 Å². The van der Waals surface area contributed by atoms with Gasteiger partial charge in [0.1, 0.15) is 0 Å². The summed E-state index contributed by atoms with van der Waals surface area (Å²) >= 11 is 3.15. The number of hydrogen-bond acceptors (Lipinski definition) is 1. The summed E-state index contributed by atoms with van der Waals surface area (Å²) in [5, 5.41) is 0. The van der Waals surface area contributed by atoms with E-state index < -0.39 is 0 Å². The molecule has 0 saturated heterocycles. The predicted molar refractivity (Wildman–Crippen MR) is 162 cm³/mol. The molecule has 35 heavy (non-hydrogen) atoms. The molecule has 194 valence electrons. The van der Waals surface area contributed by atoms with Crippen LogP contribution in [-0.2, 0) is 12.8 Å². The molecule has 0 bridgehead atoms. The number of hydrogen-bond donors (Lipinski definition) is 0. The minimum absolute atomic E-state index is 0.533. The van der Waals surface area contributed by atoms with Crippen LogP contribution in [0.1, 0.15) is 128 Å². The quantitative estimate of drug-likeness (QED) is 0.0869. The minimum atomic E-state index is 0.533. The van der Waals surface area contributed by atoms with Gasteiger partial charge in [0.15, 0.2) is 0 Å². The Hall–Kier alpha value is -0.301. The SMILES string of the molecule is CCCCCCCCCCc1cc[se]c1-c1ccc(-c2[se]ccc2CCCCCCCCCC)s1. The van der Waals surface area contributed by atoms with Gasteiger partial charge in [0.2, 0.25) is 0 Å². The number of unbranched alkanes of at least 4 members (excludes halogenated alkanes) is 14. The van der Waals surface area contributed by atoms with Crippen LogP contribution < -0.4 is 0 Å². The molecule has 0 N–H and O–H groups in total. The van der Waals surface area contributed by atoms with Crippen molar-refractivity contribution in [1.82, 2.24) is 0 Å². The van der Waals surface area contributed by atoms with Gasteiger partial charge in [-0.3, -0.25) is 0 Å². The first-order valence-corrected chi connectivity index (χ1v) is 19.1. The van der Waals surface area contributed by atoms with Crippen LogP contribution in [0.2, 0.25) is 0 Å². The Kier molecular flexibility index (Phi) is 15.1.